The Kier molecular flexibility index (Phi) is 6.94. The van der Waals surface area contributed by atoms with Crippen LogP contribution in [0.25, 0.3) is 11.6 Å². The van der Waals surface area contributed by atoms with E-state index in [1.54, 1.807) is 36.4 Å². The lowest BCUT2D eigenvalue weighted by atomic mass is 10.0. The number of anilines is 1. The highest BCUT2D eigenvalue weighted by molar-refractivity contribution is 9.10. The number of carbonyl (C=O) groups is 1. The molecule has 0 spiro atoms. The SMILES string of the molecule is N#CC(=Cc1ccc(OCC(=O)Nc2ccc(F)cc2)c(Br)c1)c1ccccc1F. The van der Waals surface area contributed by atoms with E-state index in [0.29, 0.717) is 21.5 Å². The van der Waals surface area contributed by atoms with Crippen LogP contribution in [0.2, 0.25) is 0 Å². The quantitative estimate of drug-likeness (QED) is 0.366. The zero-order chi connectivity index (χ0) is 21.5. The number of rotatable bonds is 6. The van der Waals surface area contributed by atoms with Gasteiger partial charge in [0.25, 0.3) is 5.91 Å². The number of ether oxygens (including phenoxy) is 1. The number of hydrogen-bond acceptors (Lipinski definition) is 3. The second-order valence-corrected chi connectivity index (χ2v) is 7.04. The molecule has 1 amide bonds. The molecule has 3 aromatic rings. The molecule has 7 heteroatoms. The lowest BCUT2D eigenvalue weighted by Gasteiger charge is -2.10. The smallest absolute Gasteiger partial charge is 0.262 e. The van der Waals surface area contributed by atoms with Crippen LogP contribution in [0.5, 0.6) is 5.75 Å². The minimum absolute atomic E-state index is 0.187. The number of carbonyl (C=O) groups excluding carboxylic acids is 1. The lowest BCUT2D eigenvalue weighted by Crippen LogP contribution is -2.20. The number of allylic oxidation sites excluding steroid dienone is 1. The van der Waals surface area contributed by atoms with Crippen molar-refractivity contribution in [3.63, 3.8) is 0 Å². The predicted octanol–water partition coefficient (Wildman–Crippen LogP) is 5.81. The van der Waals surface area contributed by atoms with Gasteiger partial charge in [0.05, 0.1) is 16.1 Å². The van der Waals surface area contributed by atoms with Gasteiger partial charge in [-0.25, -0.2) is 8.78 Å². The molecule has 3 rings (SSSR count). The van der Waals surface area contributed by atoms with Crippen molar-refractivity contribution in [1.82, 2.24) is 0 Å². The summed E-state index contributed by atoms with van der Waals surface area (Å²) in [6, 6.07) is 18.5. The first-order valence-corrected chi connectivity index (χ1v) is 9.60. The minimum Gasteiger partial charge on any atom is -0.483 e. The Morgan fingerprint density at radius 3 is 2.50 bits per heavy atom. The Morgan fingerprint density at radius 2 is 1.83 bits per heavy atom. The van der Waals surface area contributed by atoms with E-state index in [-0.39, 0.29) is 17.7 Å². The van der Waals surface area contributed by atoms with Crippen LogP contribution in [0.15, 0.2) is 71.2 Å². The molecule has 30 heavy (non-hydrogen) atoms. The van der Waals surface area contributed by atoms with Crippen molar-refractivity contribution in [3.8, 4) is 11.8 Å². The first-order valence-electron chi connectivity index (χ1n) is 8.81. The largest absolute Gasteiger partial charge is 0.483 e. The zero-order valence-corrected chi connectivity index (χ0v) is 17.1. The van der Waals surface area contributed by atoms with E-state index in [9.17, 15) is 18.8 Å². The third kappa shape index (κ3) is 5.52. The maximum atomic E-state index is 13.9. The van der Waals surface area contributed by atoms with E-state index in [2.05, 4.69) is 21.2 Å². The van der Waals surface area contributed by atoms with Gasteiger partial charge in [0.1, 0.15) is 17.4 Å². The highest BCUT2D eigenvalue weighted by atomic mass is 79.9. The number of halogens is 3. The molecule has 0 radical (unpaired) electrons. The van der Waals surface area contributed by atoms with Gasteiger partial charge in [-0.1, -0.05) is 24.3 Å². The van der Waals surface area contributed by atoms with Gasteiger partial charge in [0, 0.05) is 11.3 Å². The van der Waals surface area contributed by atoms with Crippen LogP contribution in [0, 0.1) is 23.0 Å². The van der Waals surface area contributed by atoms with Crippen molar-refractivity contribution >= 4 is 39.2 Å². The standard InChI is InChI=1S/C23H15BrF2N2O2/c24-20-12-15(11-16(13-27)19-3-1-2-4-21(19)26)5-10-22(20)30-14-23(29)28-18-8-6-17(25)7-9-18/h1-12H,14H2,(H,28,29). The van der Waals surface area contributed by atoms with Crippen LogP contribution in [-0.2, 0) is 4.79 Å². The highest BCUT2D eigenvalue weighted by Gasteiger charge is 2.09. The van der Waals surface area contributed by atoms with Crippen molar-refractivity contribution < 1.29 is 18.3 Å². The van der Waals surface area contributed by atoms with Gasteiger partial charge in [-0.2, -0.15) is 5.26 Å². The Bertz CT molecular complexity index is 1140. The fourth-order valence-electron chi connectivity index (χ4n) is 2.61. The van der Waals surface area contributed by atoms with Crippen molar-refractivity contribution in [2.75, 3.05) is 11.9 Å². The highest BCUT2D eigenvalue weighted by Crippen LogP contribution is 2.28. The van der Waals surface area contributed by atoms with E-state index in [0.717, 1.165) is 0 Å². The molecule has 150 valence electrons. The second kappa shape index (κ2) is 9.81. The molecule has 0 atom stereocenters. The van der Waals surface area contributed by atoms with Crippen LogP contribution < -0.4 is 10.1 Å². The van der Waals surface area contributed by atoms with E-state index in [1.807, 2.05) is 6.07 Å². The number of hydrogen-bond donors (Lipinski definition) is 1. The van der Waals surface area contributed by atoms with E-state index >= 15 is 0 Å². The molecule has 0 aliphatic heterocycles. The number of benzene rings is 3. The van der Waals surface area contributed by atoms with Crippen molar-refractivity contribution in [2.24, 2.45) is 0 Å². The number of nitriles is 1. The monoisotopic (exact) mass is 468 g/mol. The molecule has 0 fully saturated rings. The Balaban J connectivity index is 1.67. The van der Waals surface area contributed by atoms with Gasteiger partial charge in [-0.3, -0.25) is 4.79 Å². The van der Waals surface area contributed by atoms with Crippen molar-refractivity contribution in [2.45, 2.75) is 0 Å². The van der Waals surface area contributed by atoms with Crippen LogP contribution in [0.3, 0.4) is 0 Å². The summed E-state index contributed by atoms with van der Waals surface area (Å²) < 4.78 is 32.9. The summed E-state index contributed by atoms with van der Waals surface area (Å²) in [5.74, 6) is -0.844. The number of nitrogens with zero attached hydrogens (tertiary/aromatic N) is 1. The molecule has 0 aromatic heterocycles. The van der Waals surface area contributed by atoms with Gasteiger partial charge in [0.15, 0.2) is 6.61 Å². The van der Waals surface area contributed by atoms with Gasteiger partial charge >= 0.3 is 0 Å². The average molecular weight is 469 g/mol. The fourth-order valence-corrected chi connectivity index (χ4v) is 3.13. The second-order valence-electron chi connectivity index (χ2n) is 6.18. The maximum Gasteiger partial charge on any atom is 0.262 e. The molecule has 0 aliphatic rings. The summed E-state index contributed by atoms with van der Waals surface area (Å²) in [7, 11) is 0. The van der Waals surface area contributed by atoms with Crippen LogP contribution in [0.1, 0.15) is 11.1 Å². The molecule has 0 saturated carbocycles. The Labute approximate surface area is 180 Å². The molecule has 0 heterocycles. The molecule has 0 aliphatic carbocycles. The minimum atomic E-state index is -0.475. The number of nitrogens with one attached hydrogen (secondary N) is 1. The van der Waals surface area contributed by atoms with Crippen LogP contribution in [0.4, 0.5) is 14.5 Å². The predicted molar refractivity (Wildman–Crippen MR) is 115 cm³/mol. The van der Waals surface area contributed by atoms with Crippen molar-refractivity contribution in [3.05, 3.63) is 94.0 Å². The third-order valence-electron chi connectivity index (χ3n) is 4.04. The molecular weight excluding hydrogens is 454 g/mol. The molecule has 1 N–H and O–H groups in total. The van der Waals surface area contributed by atoms with Gasteiger partial charge < -0.3 is 10.1 Å². The van der Waals surface area contributed by atoms with E-state index in [4.69, 9.17) is 4.74 Å². The summed E-state index contributed by atoms with van der Waals surface area (Å²) in [5, 5.41) is 12.0. The van der Waals surface area contributed by atoms with E-state index < -0.39 is 17.5 Å². The summed E-state index contributed by atoms with van der Waals surface area (Å²) in [6.45, 7) is -0.246. The summed E-state index contributed by atoms with van der Waals surface area (Å²) in [6.07, 6.45) is 1.56. The Hall–Kier alpha value is -3.50. The van der Waals surface area contributed by atoms with Crippen LogP contribution in [-0.4, -0.2) is 12.5 Å². The lowest BCUT2D eigenvalue weighted by molar-refractivity contribution is -0.118. The first-order chi connectivity index (χ1) is 14.5. The molecule has 3 aromatic carbocycles. The summed E-state index contributed by atoms with van der Waals surface area (Å²) >= 11 is 3.37. The summed E-state index contributed by atoms with van der Waals surface area (Å²) in [5.41, 5.74) is 1.52. The fraction of sp³-hybridized carbons (Fsp3) is 0.0435. The van der Waals surface area contributed by atoms with Gasteiger partial charge in [0.2, 0.25) is 0 Å². The average Bonchev–Trinajstić information content (AvgIpc) is 2.73. The van der Waals surface area contributed by atoms with Gasteiger partial charge in [-0.05, 0) is 70.0 Å². The van der Waals surface area contributed by atoms with E-state index in [1.165, 1.54) is 36.4 Å². The van der Waals surface area contributed by atoms with Crippen LogP contribution >= 0.6 is 15.9 Å². The normalized spacial score (nSPS) is 10.9. The molecule has 4 nitrogen and oxygen atoms in total. The van der Waals surface area contributed by atoms with Crippen molar-refractivity contribution in [1.29, 1.82) is 5.26 Å². The molecular formula is C23H15BrF2N2O2. The molecule has 0 bridgehead atoms. The topological polar surface area (TPSA) is 62.1 Å². The number of amides is 1. The summed E-state index contributed by atoms with van der Waals surface area (Å²) in [4.78, 5) is 12.0. The first kappa shape index (κ1) is 21.2. The Morgan fingerprint density at radius 1 is 1.10 bits per heavy atom. The molecule has 0 unspecified atom stereocenters. The maximum absolute atomic E-state index is 13.9. The van der Waals surface area contributed by atoms with Gasteiger partial charge in [-0.15, -0.1) is 0 Å². The zero-order valence-electron chi connectivity index (χ0n) is 15.5. The molecule has 0 saturated heterocycles. The third-order valence-corrected chi connectivity index (χ3v) is 4.66.